The molecule has 14 heavy (non-hydrogen) atoms. The molecule has 0 spiro atoms. The van der Waals surface area contributed by atoms with Crippen molar-refractivity contribution in [1.82, 2.24) is 4.98 Å². The zero-order valence-electron chi connectivity index (χ0n) is 8.86. The van der Waals surface area contributed by atoms with E-state index in [1.165, 1.54) is 0 Å². The van der Waals surface area contributed by atoms with Crippen LogP contribution in [0.5, 0.6) is 0 Å². The first-order chi connectivity index (χ1) is 6.59. The highest BCUT2D eigenvalue weighted by molar-refractivity contribution is 7.93. The molecular formula is C10H16N2OS. The lowest BCUT2D eigenvalue weighted by atomic mass is 10.3. The maximum Gasteiger partial charge on any atom is 0.0915 e. The van der Waals surface area contributed by atoms with Crippen molar-refractivity contribution in [3.63, 3.8) is 0 Å². The first-order valence-corrected chi connectivity index (χ1v) is 6.59. The Morgan fingerprint density at radius 2 is 2.00 bits per heavy atom. The molecule has 0 N–H and O–H groups in total. The lowest BCUT2D eigenvalue weighted by molar-refractivity contribution is 0.678. The quantitative estimate of drug-likeness (QED) is 0.772. The molecule has 1 aromatic heterocycles. The van der Waals surface area contributed by atoms with Crippen molar-refractivity contribution >= 4 is 15.4 Å². The number of pyridine rings is 1. The summed E-state index contributed by atoms with van der Waals surface area (Å²) >= 11 is 0. The third-order valence-corrected chi connectivity index (χ3v) is 4.38. The van der Waals surface area contributed by atoms with Crippen LogP contribution in [-0.2, 0) is 9.73 Å². The lowest BCUT2D eigenvalue weighted by Gasteiger charge is -2.03. The molecule has 0 saturated heterocycles. The third kappa shape index (κ3) is 2.80. The van der Waals surface area contributed by atoms with Gasteiger partial charge < -0.3 is 0 Å². The molecule has 0 atom stereocenters. The van der Waals surface area contributed by atoms with Gasteiger partial charge in [0.2, 0.25) is 0 Å². The standard InChI is InChI=1S/C10H16N2OS/c1-4-14(13,5-2)12-10-6-9(3)7-11-8-10/h6-8H,4-5H2,1-3H3. The minimum absolute atomic E-state index is 0.595. The van der Waals surface area contributed by atoms with Crippen LogP contribution in [0, 0.1) is 6.92 Å². The van der Waals surface area contributed by atoms with Crippen molar-refractivity contribution in [3.05, 3.63) is 24.0 Å². The van der Waals surface area contributed by atoms with Crippen molar-refractivity contribution < 1.29 is 4.21 Å². The molecule has 0 amide bonds. The van der Waals surface area contributed by atoms with Crippen LogP contribution in [0.1, 0.15) is 19.4 Å². The van der Waals surface area contributed by atoms with Gasteiger partial charge in [-0.3, -0.25) is 4.98 Å². The fourth-order valence-electron chi connectivity index (χ4n) is 1.11. The van der Waals surface area contributed by atoms with E-state index in [0.717, 1.165) is 11.3 Å². The number of aromatic nitrogens is 1. The van der Waals surface area contributed by atoms with Crippen LogP contribution in [0.15, 0.2) is 22.8 Å². The van der Waals surface area contributed by atoms with E-state index in [1.807, 2.05) is 26.8 Å². The Hall–Kier alpha value is -0.900. The maximum atomic E-state index is 12.0. The predicted molar refractivity (Wildman–Crippen MR) is 60.3 cm³/mol. The first-order valence-electron chi connectivity index (χ1n) is 4.74. The van der Waals surface area contributed by atoms with Crippen molar-refractivity contribution in [2.75, 3.05) is 11.5 Å². The van der Waals surface area contributed by atoms with Gasteiger partial charge in [0.25, 0.3) is 0 Å². The van der Waals surface area contributed by atoms with Gasteiger partial charge >= 0.3 is 0 Å². The molecular weight excluding hydrogens is 196 g/mol. The van der Waals surface area contributed by atoms with Gasteiger partial charge in [0.1, 0.15) is 0 Å². The monoisotopic (exact) mass is 212 g/mol. The second-order valence-corrected chi connectivity index (χ2v) is 6.04. The van der Waals surface area contributed by atoms with Crippen LogP contribution < -0.4 is 0 Å². The summed E-state index contributed by atoms with van der Waals surface area (Å²) in [5, 5.41) is 0. The van der Waals surface area contributed by atoms with Gasteiger partial charge in [-0.15, -0.1) is 0 Å². The fraction of sp³-hybridized carbons (Fsp3) is 0.500. The molecule has 0 aliphatic rings. The molecule has 1 rings (SSSR count). The third-order valence-electron chi connectivity index (χ3n) is 2.03. The molecule has 0 fully saturated rings. The molecule has 3 nitrogen and oxygen atoms in total. The van der Waals surface area contributed by atoms with Gasteiger partial charge in [-0.25, -0.2) is 4.21 Å². The van der Waals surface area contributed by atoms with Crippen molar-refractivity contribution in [1.29, 1.82) is 0 Å². The van der Waals surface area contributed by atoms with Gasteiger partial charge in [0.05, 0.1) is 21.6 Å². The topological polar surface area (TPSA) is 42.3 Å². The van der Waals surface area contributed by atoms with Gasteiger partial charge in [-0.2, -0.15) is 4.36 Å². The van der Waals surface area contributed by atoms with Crippen LogP contribution in [0.3, 0.4) is 0 Å². The molecule has 0 aliphatic heterocycles. The largest absolute Gasteiger partial charge is 0.262 e. The molecule has 78 valence electrons. The second kappa shape index (κ2) is 4.55. The Balaban J connectivity index is 3.14. The zero-order chi connectivity index (χ0) is 10.6. The number of nitrogens with zero attached hydrogens (tertiary/aromatic N) is 2. The molecule has 0 radical (unpaired) electrons. The van der Waals surface area contributed by atoms with Crippen LogP contribution >= 0.6 is 0 Å². The van der Waals surface area contributed by atoms with E-state index >= 15 is 0 Å². The molecule has 0 aliphatic carbocycles. The zero-order valence-corrected chi connectivity index (χ0v) is 9.67. The highest BCUT2D eigenvalue weighted by Gasteiger charge is 2.02. The summed E-state index contributed by atoms with van der Waals surface area (Å²) in [6.07, 6.45) is 3.41. The Morgan fingerprint density at radius 1 is 1.36 bits per heavy atom. The molecule has 0 bridgehead atoms. The minimum Gasteiger partial charge on any atom is -0.262 e. The van der Waals surface area contributed by atoms with Crippen molar-refractivity contribution in [2.24, 2.45) is 4.36 Å². The summed E-state index contributed by atoms with van der Waals surface area (Å²) in [4.78, 5) is 4.02. The Bertz CT molecular complexity index is 410. The van der Waals surface area contributed by atoms with E-state index in [0.29, 0.717) is 11.5 Å². The number of rotatable bonds is 3. The average molecular weight is 212 g/mol. The van der Waals surface area contributed by atoms with Crippen LogP contribution in [0.2, 0.25) is 0 Å². The summed E-state index contributed by atoms with van der Waals surface area (Å²) in [6.45, 7) is 5.75. The summed E-state index contributed by atoms with van der Waals surface area (Å²) in [5.41, 5.74) is 1.76. The van der Waals surface area contributed by atoms with E-state index in [2.05, 4.69) is 9.35 Å². The summed E-state index contributed by atoms with van der Waals surface area (Å²) < 4.78 is 16.3. The highest BCUT2D eigenvalue weighted by atomic mass is 32.2. The summed E-state index contributed by atoms with van der Waals surface area (Å²) in [7, 11) is -2.05. The minimum atomic E-state index is -2.05. The van der Waals surface area contributed by atoms with Crippen molar-refractivity contribution in [2.45, 2.75) is 20.8 Å². The molecule has 0 unspecified atom stereocenters. The first kappa shape index (κ1) is 11.2. The van der Waals surface area contributed by atoms with Crippen LogP contribution in [0.25, 0.3) is 0 Å². The van der Waals surface area contributed by atoms with Gasteiger partial charge in [-0.05, 0) is 18.6 Å². The fourth-order valence-corrected chi connectivity index (χ4v) is 2.26. The summed E-state index contributed by atoms with van der Waals surface area (Å²) in [6, 6.07) is 1.90. The Kier molecular flexibility index (Phi) is 3.63. The van der Waals surface area contributed by atoms with Crippen molar-refractivity contribution in [3.8, 4) is 0 Å². The van der Waals surface area contributed by atoms with Gasteiger partial charge in [-0.1, -0.05) is 13.8 Å². The number of hydrogen-bond acceptors (Lipinski definition) is 3. The molecule has 4 heteroatoms. The summed E-state index contributed by atoms with van der Waals surface area (Å²) in [5.74, 6) is 1.19. The Morgan fingerprint density at radius 3 is 2.50 bits per heavy atom. The van der Waals surface area contributed by atoms with E-state index in [9.17, 15) is 4.21 Å². The molecule has 1 heterocycles. The van der Waals surface area contributed by atoms with Gasteiger partial charge in [0, 0.05) is 17.7 Å². The van der Waals surface area contributed by atoms with E-state index in [1.54, 1.807) is 12.4 Å². The molecule has 0 aromatic carbocycles. The second-order valence-electron chi connectivity index (χ2n) is 3.16. The van der Waals surface area contributed by atoms with E-state index < -0.39 is 9.73 Å². The maximum absolute atomic E-state index is 12.0. The van der Waals surface area contributed by atoms with E-state index in [-0.39, 0.29) is 0 Å². The smallest absolute Gasteiger partial charge is 0.0915 e. The lowest BCUT2D eigenvalue weighted by Crippen LogP contribution is -2.04. The number of hydrogen-bond donors (Lipinski definition) is 0. The molecule has 1 aromatic rings. The highest BCUT2D eigenvalue weighted by Crippen LogP contribution is 2.14. The molecule has 0 saturated carbocycles. The van der Waals surface area contributed by atoms with E-state index in [4.69, 9.17) is 0 Å². The normalized spacial score (nSPS) is 11.4. The Labute approximate surface area is 85.8 Å². The average Bonchev–Trinajstić information content (AvgIpc) is 2.18. The van der Waals surface area contributed by atoms with Gasteiger partial charge in [0.15, 0.2) is 0 Å². The number of aryl methyl sites for hydroxylation is 1. The predicted octanol–water partition coefficient (Wildman–Crippen LogP) is 2.53. The van der Waals surface area contributed by atoms with Crippen LogP contribution in [-0.4, -0.2) is 20.7 Å². The SMILES string of the molecule is CCS(=O)(CC)=Nc1cncc(C)c1. The van der Waals surface area contributed by atoms with Crippen LogP contribution in [0.4, 0.5) is 5.69 Å².